The van der Waals surface area contributed by atoms with Crippen molar-refractivity contribution in [3.63, 3.8) is 0 Å². The molecule has 1 aromatic rings. The van der Waals surface area contributed by atoms with Crippen LogP contribution in [0.5, 0.6) is 0 Å². The van der Waals surface area contributed by atoms with Gasteiger partial charge in [-0.2, -0.15) is 5.10 Å². The highest BCUT2D eigenvalue weighted by Gasteiger charge is 2.52. The third-order valence-electron chi connectivity index (χ3n) is 4.45. The van der Waals surface area contributed by atoms with Crippen LogP contribution in [0.3, 0.4) is 0 Å². The van der Waals surface area contributed by atoms with E-state index in [9.17, 15) is 0 Å². The maximum absolute atomic E-state index is 4.24. The topological polar surface area (TPSA) is 17.8 Å². The summed E-state index contributed by atoms with van der Waals surface area (Å²) >= 11 is 3.74. The maximum Gasteiger partial charge on any atom is 0.0521 e. The van der Waals surface area contributed by atoms with Crippen molar-refractivity contribution in [2.75, 3.05) is 5.33 Å². The Balaban J connectivity index is 1.61. The Morgan fingerprint density at radius 2 is 2.25 bits per heavy atom. The quantitative estimate of drug-likeness (QED) is 0.776. The number of nitrogens with zero attached hydrogens (tertiary/aromatic N) is 2. The SMILES string of the molecule is Cn1cc(CCC2(CBr)CC3CC3C2)cn1. The van der Waals surface area contributed by atoms with Gasteiger partial charge in [-0.05, 0) is 54.9 Å². The zero-order valence-electron chi connectivity index (χ0n) is 9.82. The molecule has 3 rings (SSSR count). The average Bonchev–Trinajstić information content (AvgIpc) is 2.74. The molecule has 16 heavy (non-hydrogen) atoms. The minimum Gasteiger partial charge on any atom is -0.276 e. The smallest absolute Gasteiger partial charge is 0.0521 e. The van der Waals surface area contributed by atoms with E-state index in [0.717, 1.165) is 11.8 Å². The van der Waals surface area contributed by atoms with Gasteiger partial charge in [-0.3, -0.25) is 4.68 Å². The lowest BCUT2D eigenvalue weighted by molar-refractivity contribution is 0.285. The van der Waals surface area contributed by atoms with E-state index in [2.05, 4.69) is 27.2 Å². The van der Waals surface area contributed by atoms with Crippen molar-refractivity contribution >= 4 is 15.9 Å². The molecule has 0 bridgehead atoms. The van der Waals surface area contributed by atoms with Gasteiger partial charge in [-0.1, -0.05) is 15.9 Å². The first kappa shape index (κ1) is 10.8. The lowest BCUT2D eigenvalue weighted by Gasteiger charge is -2.28. The van der Waals surface area contributed by atoms with Gasteiger partial charge < -0.3 is 0 Å². The number of rotatable bonds is 4. The van der Waals surface area contributed by atoms with Gasteiger partial charge in [0, 0.05) is 18.6 Å². The van der Waals surface area contributed by atoms with Crippen LogP contribution in [0.15, 0.2) is 12.4 Å². The van der Waals surface area contributed by atoms with Gasteiger partial charge in [0.15, 0.2) is 0 Å². The van der Waals surface area contributed by atoms with Crippen LogP contribution in [0.4, 0.5) is 0 Å². The fraction of sp³-hybridized carbons (Fsp3) is 0.769. The van der Waals surface area contributed by atoms with Crippen molar-refractivity contribution in [3.05, 3.63) is 18.0 Å². The Labute approximate surface area is 106 Å². The van der Waals surface area contributed by atoms with E-state index in [1.165, 1.54) is 43.0 Å². The van der Waals surface area contributed by atoms with E-state index in [0.29, 0.717) is 5.41 Å². The first-order valence-corrected chi connectivity index (χ1v) is 7.36. The number of aromatic nitrogens is 2. The summed E-state index contributed by atoms with van der Waals surface area (Å²) < 4.78 is 1.91. The molecule has 2 fully saturated rings. The summed E-state index contributed by atoms with van der Waals surface area (Å²) in [4.78, 5) is 0. The van der Waals surface area contributed by atoms with Crippen LogP contribution in [0.2, 0.25) is 0 Å². The second-order valence-electron chi connectivity index (χ2n) is 5.82. The highest BCUT2D eigenvalue weighted by Crippen LogP contribution is 2.61. The molecule has 2 aliphatic rings. The van der Waals surface area contributed by atoms with Gasteiger partial charge in [-0.25, -0.2) is 0 Å². The summed E-state index contributed by atoms with van der Waals surface area (Å²) in [7, 11) is 1.99. The molecule has 0 radical (unpaired) electrons. The van der Waals surface area contributed by atoms with Crippen molar-refractivity contribution in [1.82, 2.24) is 9.78 Å². The Morgan fingerprint density at radius 1 is 1.50 bits per heavy atom. The minimum absolute atomic E-state index is 0.601. The van der Waals surface area contributed by atoms with Crippen LogP contribution in [0.1, 0.15) is 31.2 Å². The van der Waals surface area contributed by atoms with Crippen LogP contribution in [-0.4, -0.2) is 15.1 Å². The van der Waals surface area contributed by atoms with Crippen molar-refractivity contribution < 1.29 is 0 Å². The molecule has 0 spiro atoms. The lowest BCUT2D eigenvalue weighted by Crippen LogP contribution is -2.21. The van der Waals surface area contributed by atoms with Gasteiger partial charge in [0.05, 0.1) is 6.20 Å². The zero-order valence-corrected chi connectivity index (χ0v) is 11.4. The van der Waals surface area contributed by atoms with Gasteiger partial charge in [-0.15, -0.1) is 0 Å². The number of halogens is 1. The fourth-order valence-corrected chi connectivity index (χ4v) is 4.13. The highest BCUT2D eigenvalue weighted by atomic mass is 79.9. The fourth-order valence-electron chi connectivity index (χ4n) is 3.40. The molecule has 1 heterocycles. The molecule has 2 saturated carbocycles. The third-order valence-corrected chi connectivity index (χ3v) is 5.63. The van der Waals surface area contributed by atoms with Crippen LogP contribution in [-0.2, 0) is 13.5 Å². The van der Waals surface area contributed by atoms with E-state index in [-0.39, 0.29) is 0 Å². The predicted octanol–water partition coefficient (Wildman–Crippen LogP) is 3.16. The van der Waals surface area contributed by atoms with E-state index in [1.54, 1.807) is 0 Å². The Morgan fingerprint density at radius 3 is 2.81 bits per heavy atom. The molecule has 3 heteroatoms. The van der Waals surface area contributed by atoms with Gasteiger partial charge >= 0.3 is 0 Å². The third kappa shape index (κ3) is 1.94. The maximum atomic E-state index is 4.24. The summed E-state index contributed by atoms with van der Waals surface area (Å²) in [6.07, 6.45) is 11.1. The molecule has 0 saturated heterocycles. The number of fused-ring (bicyclic) bond motifs is 1. The Bertz CT molecular complexity index is 375. The van der Waals surface area contributed by atoms with E-state index in [4.69, 9.17) is 0 Å². The minimum atomic E-state index is 0.601. The molecule has 2 unspecified atom stereocenters. The molecule has 2 atom stereocenters. The Kier molecular flexibility index (Phi) is 2.61. The highest BCUT2D eigenvalue weighted by molar-refractivity contribution is 9.09. The number of hydrogen-bond donors (Lipinski definition) is 0. The van der Waals surface area contributed by atoms with Crippen LogP contribution in [0, 0.1) is 17.3 Å². The van der Waals surface area contributed by atoms with Crippen molar-refractivity contribution in [3.8, 4) is 0 Å². The molecule has 1 aromatic heterocycles. The van der Waals surface area contributed by atoms with E-state index in [1.807, 2.05) is 17.9 Å². The summed E-state index contributed by atoms with van der Waals surface area (Å²) in [5.41, 5.74) is 1.99. The molecule has 0 aliphatic heterocycles. The summed E-state index contributed by atoms with van der Waals surface area (Å²) in [6, 6.07) is 0. The zero-order chi connectivity index (χ0) is 11.2. The normalized spacial score (nSPS) is 36.4. The molecule has 2 aliphatic carbocycles. The standard InChI is InChI=1S/C13H19BrN2/c1-16-8-10(7-15-16)2-3-13(9-14)5-11-4-12(11)6-13/h7-8,11-12H,2-6,9H2,1H3. The molecule has 2 nitrogen and oxygen atoms in total. The van der Waals surface area contributed by atoms with Gasteiger partial charge in [0.1, 0.15) is 0 Å². The van der Waals surface area contributed by atoms with Crippen molar-refractivity contribution in [2.45, 2.75) is 32.1 Å². The number of hydrogen-bond acceptors (Lipinski definition) is 1. The number of alkyl halides is 1. The van der Waals surface area contributed by atoms with E-state index < -0.39 is 0 Å². The Hall–Kier alpha value is -0.310. The summed E-state index contributed by atoms with van der Waals surface area (Å²) in [6.45, 7) is 0. The van der Waals surface area contributed by atoms with Crippen molar-refractivity contribution in [1.29, 1.82) is 0 Å². The van der Waals surface area contributed by atoms with E-state index >= 15 is 0 Å². The van der Waals surface area contributed by atoms with Gasteiger partial charge in [0.25, 0.3) is 0 Å². The largest absolute Gasteiger partial charge is 0.276 e. The predicted molar refractivity (Wildman–Crippen MR) is 68.6 cm³/mol. The molecule has 0 aromatic carbocycles. The van der Waals surface area contributed by atoms with Crippen LogP contribution < -0.4 is 0 Å². The second-order valence-corrected chi connectivity index (χ2v) is 6.38. The first-order chi connectivity index (χ1) is 7.71. The number of aryl methyl sites for hydroxylation is 2. The molecule has 0 amide bonds. The monoisotopic (exact) mass is 282 g/mol. The summed E-state index contributed by atoms with van der Waals surface area (Å²) in [5.74, 6) is 2.15. The molecular weight excluding hydrogens is 264 g/mol. The molecule has 0 N–H and O–H groups in total. The molecule has 88 valence electrons. The molecular formula is C13H19BrN2. The lowest BCUT2D eigenvalue weighted by atomic mass is 9.80. The average molecular weight is 283 g/mol. The van der Waals surface area contributed by atoms with Crippen molar-refractivity contribution in [2.24, 2.45) is 24.3 Å². The first-order valence-electron chi connectivity index (χ1n) is 6.24. The van der Waals surface area contributed by atoms with Crippen LogP contribution in [0.25, 0.3) is 0 Å². The second kappa shape index (κ2) is 3.86. The van der Waals surface area contributed by atoms with Gasteiger partial charge in [0.2, 0.25) is 0 Å². The summed E-state index contributed by atoms with van der Waals surface area (Å²) in [5, 5.41) is 5.43. The van der Waals surface area contributed by atoms with Crippen LogP contribution >= 0.6 is 15.9 Å².